The molecule has 1 aromatic carbocycles. The number of hydrogen-bond acceptors (Lipinski definition) is 3. The van der Waals surface area contributed by atoms with Crippen molar-refractivity contribution in [1.29, 1.82) is 0 Å². The molecule has 0 aliphatic carbocycles. The molecule has 1 N–H and O–H groups in total. The summed E-state index contributed by atoms with van der Waals surface area (Å²) in [5.41, 5.74) is 2.76. The highest BCUT2D eigenvalue weighted by molar-refractivity contribution is 14.1. The second kappa shape index (κ2) is 6.01. The minimum atomic E-state index is -0.363. The van der Waals surface area contributed by atoms with Gasteiger partial charge in [0.25, 0.3) is 5.91 Å². The zero-order valence-electron chi connectivity index (χ0n) is 9.06. The van der Waals surface area contributed by atoms with E-state index in [1.54, 1.807) is 36.4 Å². The fraction of sp³-hybridized carbons (Fsp3) is 0. The van der Waals surface area contributed by atoms with Crippen LogP contribution in [0.3, 0.4) is 0 Å². The highest BCUT2D eigenvalue weighted by Gasteiger charge is 2.07. The number of nitrogens with one attached hydrogen (secondary N) is 1. The highest BCUT2D eigenvalue weighted by Crippen LogP contribution is 2.14. The summed E-state index contributed by atoms with van der Waals surface area (Å²) in [4.78, 5) is 11.7. The van der Waals surface area contributed by atoms with Crippen molar-refractivity contribution < 1.29 is 9.21 Å². The Morgan fingerprint density at radius 1 is 1.33 bits per heavy atom. The van der Waals surface area contributed by atoms with Gasteiger partial charge in [0.2, 0.25) is 0 Å². The molecule has 0 radical (unpaired) electrons. The minimum absolute atomic E-state index is 0.363. The zero-order chi connectivity index (χ0) is 13.0. The van der Waals surface area contributed by atoms with Crippen LogP contribution in [0, 0.1) is 3.77 Å². The first-order chi connectivity index (χ1) is 8.66. The monoisotopic (exact) mass is 374 g/mol. The Morgan fingerprint density at radius 2 is 2.11 bits per heavy atom. The number of nitrogens with zero attached hydrogens (tertiary/aromatic N) is 1. The van der Waals surface area contributed by atoms with Crippen LogP contribution in [0.5, 0.6) is 0 Å². The summed E-state index contributed by atoms with van der Waals surface area (Å²) in [6.45, 7) is 0. The van der Waals surface area contributed by atoms with Gasteiger partial charge in [0.1, 0.15) is 5.76 Å². The molecule has 92 valence electrons. The molecule has 0 atom stereocenters. The maximum atomic E-state index is 11.7. The predicted octanol–water partition coefficient (Wildman–Crippen LogP) is 3.30. The number of amides is 1. The van der Waals surface area contributed by atoms with Crippen LogP contribution in [0.4, 0.5) is 0 Å². The number of benzene rings is 1. The first-order valence-corrected chi connectivity index (χ1v) is 6.46. The summed E-state index contributed by atoms with van der Waals surface area (Å²) < 4.78 is 6.01. The first kappa shape index (κ1) is 13.1. The van der Waals surface area contributed by atoms with Crippen LogP contribution in [-0.4, -0.2) is 12.1 Å². The molecule has 1 amide bonds. The molecule has 0 bridgehead atoms. The fourth-order valence-corrected chi connectivity index (χ4v) is 1.91. The van der Waals surface area contributed by atoms with Gasteiger partial charge in [0, 0.05) is 0 Å². The average molecular weight is 375 g/mol. The molecule has 18 heavy (non-hydrogen) atoms. The van der Waals surface area contributed by atoms with E-state index in [0.717, 1.165) is 3.77 Å². The summed E-state index contributed by atoms with van der Waals surface area (Å²) in [7, 11) is 0. The van der Waals surface area contributed by atoms with E-state index in [-0.39, 0.29) is 5.91 Å². The van der Waals surface area contributed by atoms with Crippen LogP contribution in [0.2, 0.25) is 5.02 Å². The van der Waals surface area contributed by atoms with E-state index < -0.39 is 0 Å². The molecule has 0 saturated heterocycles. The van der Waals surface area contributed by atoms with Crippen molar-refractivity contribution >= 4 is 46.3 Å². The number of furan rings is 1. The van der Waals surface area contributed by atoms with Crippen molar-refractivity contribution in [2.45, 2.75) is 0 Å². The molecular weight excluding hydrogens is 367 g/mol. The van der Waals surface area contributed by atoms with Gasteiger partial charge in [-0.1, -0.05) is 23.7 Å². The molecule has 4 nitrogen and oxygen atoms in total. The van der Waals surface area contributed by atoms with Crippen molar-refractivity contribution in [2.75, 3.05) is 0 Å². The van der Waals surface area contributed by atoms with E-state index in [4.69, 9.17) is 16.0 Å². The van der Waals surface area contributed by atoms with E-state index in [2.05, 4.69) is 10.5 Å². The summed E-state index contributed by atoms with van der Waals surface area (Å²) in [6.07, 6.45) is 1.43. The van der Waals surface area contributed by atoms with Gasteiger partial charge in [-0.3, -0.25) is 4.79 Å². The van der Waals surface area contributed by atoms with Crippen LogP contribution in [0.1, 0.15) is 16.1 Å². The first-order valence-electron chi connectivity index (χ1n) is 5.00. The van der Waals surface area contributed by atoms with Crippen molar-refractivity contribution in [3.8, 4) is 0 Å². The molecule has 0 saturated carbocycles. The molecule has 0 unspecified atom stereocenters. The standard InChI is InChI=1S/C12H8ClIN2O2/c13-10-4-2-1-3-9(10)12(17)16-15-7-8-5-6-11(14)18-8/h1-7H,(H,16,17)/b15-7+. The van der Waals surface area contributed by atoms with E-state index in [1.165, 1.54) is 6.21 Å². The van der Waals surface area contributed by atoms with Gasteiger partial charge in [-0.15, -0.1) is 0 Å². The quantitative estimate of drug-likeness (QED) is 0.509. The number of carbonyl (C=O) groups is 1. The lowest BCUT2D eigenvalue weighted by atomic mass is 10.2. The second-order valence-corrected chi connectivity index (χ2v) is 4.79. The van der Waals surface area contributed by atoms with Crippen LogP contribution >= 0.6 is 34.2 Å². The average Bonchev–Trinajstić information content (AvgIpc) is 2.75. The molecule has 2 aromatic rings. The summed E-state index contributed by atoms with van der Waals surface area (Å²) in [5, 5.41) is 4.18. The van der Waals surface area contributed by atoms with Gasteiger partial charge in [0.05, 0.1) is 16.8 Å². The molecule has 0 aliphatic heterocycles. The Morgan fingerprint density at radius 3 is 2.78 bits per heavy atom. The number of hydrogen-bond donors (Lipinski definition) is 1. The van der Waals surface area contributed by atoms with Crippen molar-refractivity contribution in [3.63, 3.8) is 0 Å². The number of rotatable bonds is 3. The van der Waals surface area contributed by atoms with Crippen LogP contribution < -0.4 is 5.43 Å². The van der Waals surface area contributed by atoms with E-state index in [0.29, 0.717) is 16.3 Å². The molecule has 1 aromatic heterocycles. The maximum absolute atomic E-state index is 11.7. The van der Waals surface area contributed by atoms with Gasteiger partial charge in [0.15, 0.2) is 3.77 Å². The topological polar surface area (TPSA) is 54.6 Å². The molecule has 0 spiro atoms. The lowest BCUT2D eigenvalue weighted by molar-refractivity contribution is 0.0955. The lowest BCUT2D eigenvalue weighted by Gasteiger charge is -2.00. The molecule has 2 rings (SSSR count). The van der Waals surface area contributed by atoms with Gasteiger partial charge in [-0.2, -0.15) is 5.10 Å². The molecule has 6 heteroatoms. The predicted molar refractivity (Wildman–Crippen MR) is 77.9 cm³/mol. The molecule has 0 fully saturated rings. The maximum Gasteiger partial charge on any atom is 0.272 e. The molecule has 1 heterocycles. The zero-order valence-corrected chi connectivity index (χ0v) is 12.0. The molecule has 0 aliphatic rings. The Balaban J connectivity index is 2.01. The van der Waals surface area contributed by atoms with Crippen LogP contribution in [0.25, 0.3) is 0 Å². The SMILES string of the molecule is O=C(N/N=C/c1ccc(I)o1)c1ccccc1Cl. The van der Waals surface area contributed by atoms with Crippen molar-refractivity contribution in [2.24, 2.45) is 5.10 Å². The van der Waals surface area contributed by atoms with Crippen molar-refractivity contribution in [3.05, 3.63) is 56.5 Å². The van der Waals surface area contributed by atoms with E-state index >= 15 is 0 Å². The Labute approximate surface area is 122 Å². The third-order valence-corrected chi connectivity index (χ3v) is 2.98. The van der Waals surface area contributed by atoms with Crippen LogP contribution in [-0.2, 0) is 0 Å². The number of carbonyl (C=O) groups excluding carboxylic acids is 1. The summed E-state index contributed by atoms with van der Waals surface area (Å²) in [6, 6.07) is 10.3. The second-order valence-electron chi connectivity index (χ2n) is 3.32. The smallest absolute Gasteiger partial charge is 0.272 e. The third-order valence-electron chi connectivity index (χ3n) is 2.07. The summed E-state index contributed by atoms with van der Waals surface area (Å²) in [5.74, 6) is 0.206. The Bertz CT molecular complexity index is 595. The van der Waals surface area contributed by atoms with Gasteiger partial charge in [-0.05, 0) is 46.9 Å². The van der Waals surface area contributed by atoms with Gasteiger partial charge < -0.3 is 4.42 Å². The third kappa shape index (κ3) is 3.33. The number of hydrazone groups is 1. The highest BCUT2D eigenvalue weighted by atomic mass is 127. The molecular formula is C12H8ClIN2O2. The van der Waals surface area contributed by atoms with E-state index in [9.17, 15) is 4.79 Å². The van der Waals surface area contributed by atoms with Gasteiger partial charge in [-0.25, -0.2) is 5.43 Å². The fourth-order valence-electron chi connectivity index (χ4n) is 1.26. The normalized spacial score (nSPS) is 10.8. The Kier molecular flexibility index (Phi) is 4.38. The lowest BCUT2D eigenvalue weighted by Crippen LogP contribution is -2.17. The van der Waals surface area contributed by atoms with Crippen LogP contribution in [0.15, 0.2) is 45.9 Å². The van der Waals surface area contributed by atoms with E-state index in [1.807, 2.05) is 22.6 Å². The number of halogens is 2. The van der Waals surface area contributed by atoms with Crippen molar-refractivity contribution in [1.82, 2.24) is 5.43 Å². The largest absolute Gasteiger partial charge is 0.449 e. The minimum Gasteiger partial charge on any atom is -0.449 e. The summed E-state index contributed by atoms with van der Waals surface area (Å²) >= 11 is 7.93. The Hall–Kier alpha value is -1.34. The van der Waals surface area contributed by atoms with Gasteiger partial charge >= 0.3 is 0 Å².